The topological polar surface area (TPSA) is 86.8 Å². The predicted molar refractivity (Wildman–Crippen MR) is 171 cm³/mol. The molecule has 0 aromatic heterocycles. The first-order valence-corrected chi connectivity index (χ1v) is 16.2. The van der Waals surface area contributed by atoms with Crippen LogP contribution in [-0.2, 0) is 26.2 Å². The van der Waals surface area contributed by atoms with Gasteiger partial charge < -0.3 is 10.2 Å². The lowest BCUT2D eigenvalue weighted by molar-refractivity contribution is -0.140. The van der Waals surface area contributed by atoms with Gasteiger partial charge >= 0.3 is 0 Å². The first-order valence-electron chi connectivity index (χ1n) is 13.6. The minimum absolute atomic E-state index is 0.0152. The van der Waals surface area contributed by atoms with E-state index in [1.165, 1.54) is 17.0 Å². The highest BCUT2D eigenvalue weighted by Gasteiger charge is 2.34. The standard InChI is InChI=1S/C31H36Cl3N3O4S/c1-6-28(31(39)35-17-20(2)3)36(18-23-9-13-26(33)27(34)16-23)30(38)19-37(29-14-10-24(32)15-22(29)5)42(40,41)25-11-7-21(4)8-12-25/h7-16,20,28H,6,17-19H2,1-5H3,(H,35,39). The summed E-state index contributed by atoms with van der Waals surface area (Å²) in [5.74, 6) is -0.679. The lowest BCUT2D eigenvalue weighted by Gasteiger charge is -2.33. The van der Waals surface area contributed by atoms with Crippen molar-refractivity contribution < 1.29 is 18.0 Å². The molecule has 11 heteroatoms. The number of rotatable bonds is 12. The zero-order valence-corrected chi connectivity index (χ0v) is 27.4. The maximum absolute atomic E-state index is 14.2. The number of amides is 2. The number of carbonyl (C=O) groups is 2. The molecule has 42 heavy (non-hydrogen) atoms. The van der Waals surface area contributed by atoms with Gasteiger partial charge in [0.2, 0.25) is 11.8 Å². The van der Waals surface area contributed by atoms with E-state index in [0.717, 1.165) is 9.87 Å². The number of benzene rings is 3. The molecule has 0 saturated heterocycles. The minimum atomic E-state index is -4.19. The van der Waals surface area contributed by atoms with E-state index >= 15 is 0 Å². The van der Waals surface area contributed by atoms with Crippen molar-refractivity contribution >= 4 is 62.3 Å². The van der Waals surface area contributed by atoms with E-state index in [0.29, 0.717) is 44.8 Å². The Kier molecular flexibility index (Phi) is 11.7. The third kappa shape index (κ3) is 8.40. The molecular formula is C31H36Cl3N3O4S. The van der Waals surface area contributed by atoms with Gasteiger partial charge in [0.1, 0.15) is 12.6 Å². The lowest BCUT2D eigenvalue weighted by atomic mass is 10.1. The monoisotopic (exact) mass is 651 g/mol. The van der Waals surface area contributed by atoms with Crippen LogP contribution in [0.2, 0.25) is 15.1 Å². The molecule has 1 atom stereocenters. The predicted octanol–water partition coefficient (Wildman–Crippen LogP) is 7.04. The number of nitrogens with zero attached hydrogens (tertiary/aromatic N) is 2. The van der Waals surface area contributed by atoms with E-state index in [2.05, 4.69) is 5.32 Å². The molecular weight excluding hydrogens is 617 g/mol. The Labute approximate surface area is 263 Å². The second kappa shape index (κ2) is 14.6. The van der Waals surface area contributed by atoms with Crippen LogP contribution in [0.5, 0.6) is 0 Å². The summed E-state index contributed by atoms with van der Waals surface area (Å²) >= 11 is 18.5. The SMILES string of the molecule is CCC(C(=O)NCC(C)C)N(Cc1ccc(Cl)c(Cl)c1)C(=O)CN(c1ccc(Cl)cc1C)S(=O)(=O)c1ccc(C)cc1. The van der Waals surface area contributed by atoms with Crippen LogP contribution >= 0.6 is 34.8 Å². The van der Waals surface area contributed by atoms with Crippen molar-refractivity contribution in [2.24, 2.45) is 5.92 Å². The number of carbonyl (C=O) groups excluding carboxylic acids is 2. The molecule has 3 aromatic rings. The summed E-state index contributed by atoms with van der Waals surface area (Å²) in [6.45, 7) is 9.24. The Morgan fingerprint density at radius 1 is 0.905 bits per heavy atom. The quantitative estimate of drug-likeness (QED) is 0.227. The number of sulfonamides is 1. The molecule has 0 saturated carbocycles. The van der Waals surface area contributed by atoms with E-state index in [-0.39, 0.29) is 23.3 Å². The average Bonchev–Trinajstić information content (AvgIpc) is 2.92. The molecule has 3 aromatic carbocycles. The summed E-state index contributed by atoms with van der Waals surface area (Å²) in [4.78, 5) is 29.0. The van der Waals surface area contributed by atoms with Crippen LogP contribution in [0, 0.1) is 19.8 Å². The third-order valence-corrected chi connectivity index (χ3v) is 9.47. The molecule has 0 aliphatic carbocycles. The summed E-state index contributed by atoms with van der Waals surface area (Å²) in [5, 5.41) is 4.00. The summed E-state index contributed by atoms with van der Waals surface area (Å²) < 4.78 is 29.2. The van der Waals surface area contributed by atoms with Gasteiger partial charge in [-0.15, -0.1) is 0 Å². The van der Waals surface area contributed by atoms with Gasteiger partial charge in [-0.2, -0.15) is 0 Å². The van der Waals surface area contributed by atoms with Crippen molar-refractivity contribution in [1.29, 1.82) is 0 Å². The smallest absolute Gasteiger partial charge is 0.264 e. The largest absolute Gasteiger partial charge is 0.354 e. The van der Waals surface area contributed by atoms with Crippen LogP contribution in [0.15, 0.2) is 65.6 Å². The van der Waals surface area contributed by atoms with E-state index in [4.69, 9.17) is 34.8 Å². The van der Waals surface area contributed by atoms with Crippen LogP contribution in [0.3, 0.4) is 0 Å². The molecule has 0 heterocycles. The van der Waals surface area contributed by atoms with Gasteiger partial charge in [0.15, 0.2) is 0 Å². The molecule has 1 unspecified atom stereocenters. The van der Waals surface area contributed by atoms with Crippen molar-refractivity contribution in [3.63, 3.8) is 0 Å². The van der Waals surface area contributed by atoms with Crippen LogP contribution in [0.25, 0.3) is 0 Å². The Morgan fingerprint density at radius 3 is 2.14 bits per heavy atom. The van der Waals surface area contributed by atoms with Crippen LogP contribution in [-0.4, -0.2) is 44.3 Å². The minimum Gasteiger partial charge on any atom is -0.354 e. The van der Waals surface area contributed by atoms with Gasteiger partial charge in [-0.25, -0.2) is 8.42 Å². The molecule has 7 nitrogen and oxygen atoms in total. The van der Waals surface area contributed by atoms with Crippen LogP contribution in [0.4, 0.5) is 5.69 Å². The number of halogens is 3. The fourth-order valence-electron chi connectivity index (χ4n) is 4.43. The third-order valence-electron chi connectivity index (χ3n) is 6.72. The normalized spacial score (nSPS) is 12.2. The summed E-state index contributed by atoms with van der Waals surface area (Å²) in [5.41, 5.74) is 2.41. The van der Waals surface area contributed by atoms with Crippen molar-refractivity contribution in [2.75, 3.05) is 17.4 Å². The van der Waals surface area contributed by atoms with E-state index in [1.54, 1.807) is 62.4 Å². The van der Waals surface area contributed by atoms with Gasteiger partial charge in [0, 0.05) is 18.1 Å². The fourth-order valence-corrected chi connectivity index (χ4v) is 6.45. The Morgan fingerprint density at radius 2 is 1.57 bits per heavy atom. The van der Waals surface area contributed by atoms with E-state index in [1.807, 2.05) is 20.8 Å². The van der Waals surface area contributed by atoms with Crippen LogP contribution < -0.4 is 9.62 Å². The number of anilines is 1. The lowest BCUT2D eigenvalue weighted by Crippen LogP contribution is -2.52. The molecule has 0 aliphatic rings. The maximum Gasteiger partial charge on any atom is 0.264 e. The highest BCUT2D eigenvalue weighted by molar-refractivity contribution is 7.92. The molecule has 3 rings (SSSR count). The molecule has 0 radical (unpaired) electrons. The highest BCUT2D eigenvalue weighted by atomic mass is 35.5. The summed E-state index contributed by atoms with van der Waals surface area (Å²) in [7, 11) is -4.19. The molecule has 0 bridgehead atoms. The molecule has 0 spiro atoms. The molecule has 1 N–H and O–H groups in total. The molecule has 2 amide bonds. The van der Waals surface area contributed by atoms with Crippen LogP contribution in [0.1, 0.15) is 43.9 Å². The van der Waals surface area contributed by atoms with E-state index < -0.39 is 28.5 Å². The van der Waals surface area contributed by atoms with Crippen molar-refractivity contribution in [3.05, 3.63) is 92.4 Å². The zero-order chi connectivity index (χ0) is 31.2. The zero-order valence-electron chi connectivity index (χ0n) is 24.3. The number of aryl methyl sites for hydroxylation is 2. The molecule has 0 fully saturated rings. The van der Waals surface area contributed by atoms with Crippen molar-refractivity contribution in [1.82, 2.24) is 10.2 Å². The summed E-state index contributed by atoms with van der Waals surface area (Å²) in [6, 6.07) is 15.3. The molecule has 0 aliphatic heterocycles. The fraction of sp³-hybridized carbons (Fsp3) is 0.355. The summed E-state index contributed by atoms with van der Waals surface area (Å²) in [6.07, 6.45) is 0.307. The van der Waals surface area contributed by atoms with Gasteiger partial charge in [-0.1, -0.05) is 79.3 Å². The van der Waals surface area contributed by atoms with Gasteiger partial charge in [0.05, 0.1) is 20.6 Å². The van der Waals surface area contributed by atoms with Crippen molar-refractivity contribution in [2.45, 2.75) is 58.5 Å². The number of hydrogen-bond acceptors (Lipinski definition) is 4. The first-order chi connectivity index (χ1) is 19.7. The van der Waals surface area contributed by atoms with E-state index in [9.17, 15) is 18.0 Å². The maximum atomic E-state index is 14.2. The van der Waals surface area contributed by atoms with Crippen molar-refractivity contribution in [3.8, 4) is 0 Å². The molecule has 226 valence electrons. The van der Waals surface area contributed by atoms with Gasteiger partial charge in [0.25, 0.3) is 10.0 Å². The first kappa shape index (κ1) is 33.7. The second-order valence-electron chi connectivity index (χ2n) is 10.6. The number of nitrogens with one attached hydrogen (secondary N) is 1. The van der Waals surface area contributed by atoms with Gasteiger partial charge in [-0.05, 0) is 79.8 Å². The Balaban J connectivity index is 2.09. The Hall–Kier alpha value is -2.78. The van der Waals surface area contributed by atoms with Gasteiger partial charge in [-0.3, -0.25) is 13.9 Å². The highest BCUT2D eigenvalue weighted by Crippen LogP contribution is 2.30. The Bertz CT molecular complexity index is 1530. The number of hydrogen-bond donors (Lipinski definition) is 1. The second-order valence-corrected chi connectivity index (χ2v) is 13.7. The average molecular weight is 653 g/mol.